The highest BCUT2D eigenvalue weighted by molar-refractivity contribution is 6.13. The van der Waals surface area contributed by atoms with Gasteiger partial charge in [0.15, 0.2) is 0 Å². The zero-order valence-electron chi connectivity index (χ0n) is 15.9. The summed E-state index contributed by atoms with van der Waals surface area (Å²) in [7, 11) is 1.51. The molecule has 1 aliphatic carbocycles. The molecule has 1 saturated carbocycles. The van der Waals surface area contributed by atoms with Crippen LogP contribution in [0.4, 0.5) is 11.8 Å². The number of carboxylic acid groups (broad SMARTS) is 1. The van der Waals surface area contributed by atoms with Crippen LogP contribution in [0.15, 0.2) is 24.4 Å². The number of nitrogen functional groups attached to an aromatic ring is 1. The molecule has 0 spiro atoms. The zero-order chi connectivity index (χ0) is 20.3. The maximum atomic E-state index is 12.9. The van der Waals surface area contributed by atoms with E-state index in [2.05, 4.69) is 15.3 Å². The maximum absolute atomic E-state index is 12.9. The van der Waals surface area contributed by atoms with Crippen LogP contribution in [0.2, 0.25) is 0 Å². The van der Waals surface area contributed by atoms with Crippen molar-refractivity contribution in [2.45, 2.75) is 38.6 Å². The number of aromatic nitrogens is 2. The van der Waals surface area contributed by atoms with Gasteiger partial charge in [-0.05, 0) is 44.7 Å². The molecule has 1 aromatic carbocycles. The number of benzene rings is 1. The Morgan fingerprint density at radius 2 is 1.93 bits per heavy atom. The van der Waals surface area contributed by atoms with Crippen LogP contribution in [0.25, 0.3) is 0 Å². The van der Waals surface area contributed by atoms with Crippen molar-refractivity contribution >= 4 is 23.5 Å². The molecule has 3 rings (SSSR count). The summed E-state index contributed by atoms with van der Waals surface area (Å²) in [6.07, 6.45) is 4.10. The molecule has 1 aliphatic rings. The third-order valence-corrected chi connectivity index (χ3v) is 5.07. The fourth-order valence-corrected chi connectivity index (χ4v) is 3.45. The second kappa shape index (κ2) is 8.24. The number of carbonyl (C=O) groups excluding carboxylic acids is 1. The van der Waals surface area contributed by atoms with Gasteiger partial charge in [0.05, 0.1) is 24.2 Å². The van der Waals surface area contributed by atoms with Crippen LogP contribution in [-0.4, -0.2) is 40.0 Å². The van der Waals surface area contributed by atoms with Crippen LogP contribution >= 0.6 is 0 Å². The lowest BCUT2D eigenvalue weighted by atomic mass is 9.86. The fraction of sp³-hybridized carbons (Fsp3) is 0.400. The quantitative estimate of drug-likeness (QED) is 0.649. The molecule has 1 heterocycles. The van der Waals surface area contributed by atoms with Crippen LogP contribution in [-0.2, 0) is 4.79 Å². The Kier molecular flexibility index (Phi) is 5.77. The molecule has 0 unspecified atom stereocenters. The predicted octanol–water partition coefficient (Wildman–Crippen LogP) is 2.66. The summed E-state index contributed by atoms with van der Waals surface area (Å²) in [6, 6.07) is 5.44. The number of rotatable bonds is 6. The normalized spacial score (nSPS) is 19.1. The largest absolute Gasteiger partial charge is 0.496 e. The summed E-state index contributed by atoms with van der Waals surface area (Å²) in [6.45, 7) is 1.89. The first-order valence-electron chi connectivity index (χ1n) is 9.20. The lowest BCUT2D eigenvalue weighted by Gasteiger charge is -2.26. The van der Waals surface area contributed by atoms with Gasteiger partial charge in [0.1, 0.15) is 11.6 Å². The Labute approximate surface area is 163 Å². The molecule has 8 heteroatoms. The van der Waals surface area contributed by atoms with Crippen molar-refractivity contribution < 1.29 is 19.4 Å². The Morgan fingerprint density at radius 1 is 1.21 bits per heavy atom. The average Bonchev–Trinajstić information content (AvgIpc) is 2.68. The molecule has 2 aromatic rings. The number of nitrogens with zero attached hydrogens (tertiary/aromatic N) is 2. The molecule has 4 N–H and O–H groups in total. The van der Waals surface area contributed by atoms with E-state index in [1.54, 1.807) is 12.1 Å². The summed E-state index contributed by atoms with van der Waals surface area (Å²) < 4.78 is 5.28. The van der Waals surface area contributed by atoms with Crippen molar-refractivity contribution in [3.63, 3.8) is 0 Å². The van der Waals surface area contributed by atoms with E-state index in [1.165, 1.54) is 13.3 Å². The lowest BCUT2D eigenvalue weighted by Crippen LogP contribution is -2.30. The Balaban J connectivity index is 1.73. The van der Waals surface area contributed by atoms with Gasteiger partial charge in [-0.15, -0.1) is 0 Å². The van der Waals surface area contributed by atoms with E-state index in [0.29, 0.717) is 30.1 Å². The number of nitrogens with two attached hydrogens (primary N) is 1. The highest BCUT2D eigenvalue weighted by Gasteiger charge is 2.26. The van der Waals surface area contributed by atoms with Crippen LogP contribution in [0.5, 0.6) is 5.75 Å². The van der Waals surface area contributed by atoms with Crippen molar-refractivity contribution in [1.82, 2.24) is 9.97 Å². The zero-order valence-corrected chi connectivity index (χ0v) is 15.9. The highest BCUT2D eigenvalue weighted by Crippen LogP contribution is 2.27. The van der Waals surface area contributed by atoms with Gasteiger partial charge >= 0.3 is 5.97 Å². The van der Waals surface area contributed by atoms with Gasteiger partial charge in [-0.25, -0.2) is 4.98 Å². The molecule has 0 saturated heterocycles. The Bertz CT molecular complexity index is 892. The topological polar surface area (TPSA) is 127 Å². The molecular weight excluding hydrogens is 360 g/mol. The van der Waals surface area contributed by atoms with Gasteiger partial charge in [0.2, 0.25) is 11.7 Å². The molecule has 0 bridgehead atoms. The minimum atomic E-state index is -0.742. The monoisotopic (exact) mass is 384 g/mol. The van der Waals surface area contributed by atoms with Crippen molar-refractivity contribution in [3.05, 3.63) is 41.1 Å². The molecule has 0 amide bonds. The fourth-order valence-electron chi connectivity index (χ4n) is 3.45. The Morgan fingerprint density at radius 3 is 2.54 bits per heavy atom. The van der Waals surface area contributed by atoms with Crippen molar-refractivity contribution in [3.8, 4) is 5.75 Å². The molecule has 8 nitrogen and oxygen atoms in total. The third-order valence-electron chi connectivity index (χ3n) is 5.07. The summed E-state index contributed by atoms with van der Waals surface area (Å²) in [5, 5.41) is 12.3. The molecule has 1 fully saturated rings. The number of hydrogen-bond acceptors (Lipinski definition) is 7. The maximum Gasteiger partial charge on any atom is 0.306 e. The van der Waals surface area contributed by atoms with Gasteiger partial charge in [0.25, 0.3) is 0 Å². The van der Waals surface area contributed by atoms with Crippen molar-refractivity contribution in [2.75, 3.05) is 18.2 Å². The Hall–Kier alpha value is -3.16. The van der Waals surface area contributed by atoms with Crippen LogP contribution in [0.3, 0.4) is 0 Å². The van der Waals surface area contributed by atoms with Crippen LogP contribution in [0.1, 0.15) is 47.2 Å². The molecule has 1 aromatic heterocycles. The molecule has 28 heavy (non-hydrogen) atoms. The first kappa shape index (κ1) is 19.6. The molecule has 148 valence electrons. The van der Waals surface area contributed by atoms with Gasteiger partial charge in [-0.2, -0.15) is 4.98 Å². The second-order valence-electron chi connectivity index (χ2n) is 7.06. The number of nitrogens with one attached hydrogen (secondary N) is 1. The van der Waals surface area contributed by atoms with E-state index >= 15 is 0 Å². The van der Waals surface area contributed by atoms with Gasteiger partial charge in [-0.1, -0.05) is 11.6 Å². The highest BCUT2D eigenvalue weighted by atomic mass is 16.5. The van der Waals surface area contributed by atoms with E-state index in [0.717, 1.165) is 18.4 Å². The smallest absolute Gasteiger partial charge is 0.306 e. The van der Waals surface area contributed by atoms with E-state index in [-0.39, 0.29) is 29.1 Å². The third kappa shape index (κ3) is 4.21. The van der Waals surface area contributed by atoms with Gasteiger partial charge in [0, 0.05) is 12.2 Å². The molecule has 0 atom stereocenters. The summed E-state index contributed by atoms with van der Waals surface area (Å²) in [5.74, 6) is -0.435. The minimum absolute atomic E-state index is 0.0882. The number of ketones is 1. The van der Waals surface area contributed by atoms with Crippen molar-refractivity contribution in [1.29, 1.82) is 0 Å². The number of aryl methyl sites for hydroxylation is 1. The van der Waals surface area contributed by atoms with Gasteiger partial charge < -0.3 is 20.9 Å². The van der Waals surface area contributed by atoms with Gasteiger partial charge in [-0.3, -0.25) is 9.59 Å². The number of carboxylic acids is 1. The number of hydrogen-bond donors (Lipinski definition) is 3. The minimum Gasteiger partial charge on any atom is -0.496 e. The number of anilines is 2. The summed E-state index contributed by atoms with van der Waals surface area (Å²) in [5.41, 5.74) is 7.58. The molecule has 0 aliphatic heterocycles. The first-order chi connectivity index (χ1) is 13.4. The second-order valence-corrected chi connectivity index (χ2v) is 7.06. The number of methoxy groups -OCH3 is 1. The standard InChI is InChI=1S/C20H24N4O4/c1-11-3-8-16(28-2)14(9-11)17(25)15-10-22-20(24-18(15)21)23-13-6-4-12(5-7-13)19(26)27/h3,8-10,12-13H,4-7H2,1-2H3,(H,26,27)(H3,21,22,23,24). The van der Waals surface area contributed by atoms with Crippen LogP contribution < -0.4 is 15.8 Å². The number of ether oxygens (including phenoxy) is 1. The average molecular weight is 384 g/mol. The number of aliphatic carboxylic acids is 1. The summed E-state index contributed by atoms with van der Waals surface area (Å²) in [4.78, 5) is 32.4. The molecular formula is C20H24N4O4. The summed E-state index contributed by atoms with van der Waals surface area (Å²) >= 11 is 0. The lowest BCUT2D eigenvalue weighted by molar-refractivity contribution is -0.142. The number of carbonyl (C=O) groups is 2. The van der Waals surface area contributed by atoms with E-state index < -0.39 is 5.97 Å². The van der Waals surface area contributed by atoms with Crippen LogP contribution in [0, 0.1) is 12.8 Å². The van der Waals surface area contributed by atoms with E-state index in [1.807, 2.05) is 13.0 Å². The predicted molar refractivity (Wildman–Crippen MR) is 105 cm³/mol. The van der Waals surface area contributed by atoms with E-state index in [9.17, 15) is 9.59 Å². The first-order valence-corrected chi connectivity index (χ1v) is 9.20. The SMILES string of the molecule is COc1ccc(C)cc1C(=O)c1cnc(NC2CCC(C(=O)O)CC2)nc1N. The van der Waals surface area contributed by atoms with Crippen molar-refractivity contribution in [2.24, 2.45) is 5.92 Å². The molecule has 0 radical (unpaired) electrons. The van der Waals surface area contributed by atoms with E-state index in [4.69, 9.17) is 15.6 Å².